The minimum absolute atomic E-state index is 0.884. The zero-order valence-electron chi connectivity index (χ0n) is 19.9. The molecule has 0 aromatic rings. The largest absolute Gasteiger partial charge is 0.303 e. The summed E-state index contributed by atoms with van der Waals surface area (Å²) in [6, 6.07) is 0. The summed E-state index contributed by atoms with van der Waals surface area (Å²) in [4.78, 5) is 2.80. The van der Waals surface area contributed by atoms with E-state index in [1.54, 1.807) is 0 Å². The summed E-state index contributed by atoms with van der Waals surface area (Å²) in [5, 5.41) is 0. The van der Waals surface area contributed by atoms with Crippen LogP contribution < -0.4 is 0 Å². The summed E-state index contributed by atoms with van der Waals surface area (Å²) in [6.07, 6.45) is 25.8. The second kappa shape index (κ2) is 22.3. The smallest absolute Gasteiger partial charge is 0.00187 e. The molecule has 0 N–H and O–H groups in total. The Morgan fingerprint density at radius 1 is 0.444 bits per heavy atom. The zero-order chi connectivity index (χ0) is 20.0. The number of hydrogen-bond acceptors (Lipinski definition) is 1. The Hall–Kier alpha value is -0.0400. The van der Waals surface area contributed by atoms with Gasteiger partial charge < -0.3 is 4.90 Å². The Balaban J connectivity index is 3.80. The summed E-state index contributed by atoms with van der Waals surface area (Å²) < 4.78 is 0. The van der Waals surface area contributed by atoms with Crippen molar-refractivity contribution < 1.29 is 0 Å². The van der Waals surface area contributed by atoms with Crippen molar-refractivity contribution in [1.29, 1.82) is 0 Å². The highest BCUT2D eigenvalue weighted by atomic mass is 15.1. The Kier molecular flexibility index (Phi) is 22.2. The van der Waals surface area contributed by atoms with Crippen LogP contribution in [-0.2, 0) is 0 Å². The molecule has 0 aromatic heterocycles. The molecule has 0 spiro atoms. The lowest BCUT2D eigenvalue weighted by Gasteiger charge is -2.22. The van der Waals surface area contributed by atoms with Gasteiger partial charge in [0.2, 0.25) is 0 Å². The van der Waals surface area contributed by atoms with Gasteiger partial charge in [-0.2, -0.15) is 0 Å². The van der Waals surface area contributed by atoms with E-state index >= 15 is 0 Å². The lowest BCUT2D eigenvalue weighted by atomic mass is 10.0. The van der Waals surface area contributed by atoms with Gasteiger partial charge in [-0.3, -0.25) is 0 Å². The molecule has 0 aliphatic heterocycles. The monoisotopic (exact) mass is 381 g/mol. The van der Waals surface area contributed by atoms with Gasteiger partial charge in [0.05, 0.1) is 0 Å². The summed E-state index contributed by atoms with van der Waals surface area (Å²) >= 11 is 0. The van der Waals surface area contributed by atoms with Crippen LogP contribution in [0.15, 0.2) is 0 Å². The van der Waals surface area contributed by atoms with E-state index in [-0.39, 0.29) is 0 Å². The van der Waals surface area contributed by atoms with Crippen molar-refractivity contribution in [3.63, 3.8) is 0 Å². The molecule has 0 aliphatic rings. The molecule has 0 aliphatic carbocycles. The van der Waals surface area contributed by atoms with Crippen LogP contribution >= 0.6 is 0 Å². The third-order valence-electron chi connectivity index (χ3n) is 5.91. The lowest BCUT2D eigenvalue weighted by molar-refractivity contribution is 0.254. The second-order valence-electron chi connectivity index (χ2n) is 9.33. The number of rotatable bonds is 22. The topological polar surface area (TPSA) is 3.24 Å². The third-order valence-corrected chi connectivity index (χ3v) is 5.91. The SMILES string of the molecule is CCCCCCCCN(CCCCCCCC)CCCCCCCC(C)C. The van der Waals surface area contributed by atoms with Gasteiger partial charge in [0, 0.05) is 0 Å². The van der Waals surface area contributed by atoms with Gasteiger partial charge in [0.15, 0.2) is 0 Å². The molecule has 0 heterocycles. The quantitative estimate of drug-likeness (QED) is 0.169. The lowest BCUT2D eigenvalue weighted by Crippen LogP contribution is -2.27. The van der Waals surface area contributed by atoms with E-state index in [2.05, 4.69) is 32.6 Å². The first-order chi connectivity index (χ1) is 13.2. The highest BCUT2D eigenvalue weighted by Crippen LogP contribution is 2.13. The molecule has 0 fully saturated rings. The molecule has 0 amide bonds. The van der Waals surface area contributed by atoms with Gasteiger partial charge in [-0.1, -0.05) is 124 Å². The van der Waals surface area contributed by atoms with Crippen LogP contribution in [0.25, 0.3) is 0 Å². The molecule has 0 radical (unpaired) electrons. The normalized spacial score (nSPS) is 11.8. The summed E-state index contributed by atoms with van der Waals surface area (Å²) in [5.74, 6) is 0.884. The maximum atomic E-state index is 2.80. The molecular formula is C26H55N. The van der Waals surface area contributed by atoms with Gasteiger partial charge in [-0.25, -0.2) is 0 Å². The van der Waals surface area contributed by atoms with E-state index in [4.69, 9.17) is 0 Å². The minimum Gasteiger partial charge on any atom is -0.303 e. The molecule has 0 unspecified atom stereocenters. The van der Waals surface area contributed by atoms with E-state index in [0.717, 1.165) is 5.92 Å². The fourth-order valence-electron chi connectivity index (χ4n) is 3.99. The van der Waals surface area contributed by atoms with Crippen molar-refractivity contribution in [3.05, 3.63) is 0 Å². The second-order valence-corrected chi connectivity index (χ2v) is 9.33. The van der Waals surface area contributed by atoms with Crippen molar-refractivity contribution in [3.8, 4) is 0 Å². The van der Waals surface area contributed by atoms with Gasteiger partial charge in [0.25, 0.3) is 0 Å². The molecule has 0 atom stereocenters. The average Bonchev–Trinajstić information content (AvgIpc) is 2.65. The fourth-order valence-corrected chi connectivity index (χ4v) is 3.99. The fraction of sp³-hybridized carbons (Fsp3) is 1.00. The number of nitrogens with zero attached hydrogens (tertiary/aromatic N) is 1. The molecule has 0 saturated heterocycles. The van der Waals surface area contributed by atoms with Gasteiger partial charge in [-0.15, -0.1) is 0 Å². The average molecular weight is 382 g/mol. The molecular weight excluding hydrogens is 326 g/mol. The molecule has 164 valence electrons. The summed E-state index contributed by atoms with van der Waals surface area (Å²) in [6.45, 7) is 13.4. The number of unbranched alkanes of at least 4 members (excludes halogenated alkanes) is 14. The molecule has 1 nitrogen and oxygen atoms in total. The predicted molar refractivity (Wildman–Crippen MR) is 126 cm³/mol. The Morgan fingerprint density at radius 3 is 1.15 bits per heavy atom. The molecule has 0 rings (SSSR count). The zero-order valence-corrected chi connectivity index (χ0v) is 19.9. The Bertz CT molecular complexity index is 245. The first-order valence-electron chi connectivity index (χ1n) is 12.9. The first kappa shape index (κ1) is 27.0. The number of hydrogen-bond donors (Lipinski definition) is 0. The van der Waals surface area contributed by atoms with Gasteiger partial charge >= 0.3 is 0 Å². The van der Waals surface area contributed by atoms with Gasteiger partial charge in [-0.05, 0) is 44.8 Å². The Labute approximate surface area is 174 Å². The van der Waals surface area contributed by atoms with Gasteiger partial charge in [0.1, 0.15) is 0 Å². The van der Waals surface area contributed by atoms with E-state index in [1.165, 1.54) is 135 Å². The minimum atomic E-state index is 0.884. The van der Waals surface area contributed by atoms with Crippen molar-refractivity contribution in [1.82, 2.24) is 4.90 Å². The highest BCUT2D eigenvalue weighted by Gasteiger charge is 2.05. The van der Waals surface area contributed by atoms with Crippen LogP contribution in [0.1, 0.15) is 143 Å². The molecule has 0 bridgehead atoms. The van der Waals surface area contributed by atoms with E-state index in [0.29, 0.717) is 0 Å². The Morgan fingerprint density at radius 2 is 0.778 bits per heavy atom. The van der Waals surface area contributed by atoms with Crippen molar-refractivity contribution >= 4 is 0 Å². The van der Waals surface area contributed by atoms with Crippen molar-refractivity contribution in [2.24, 2.45) is 5.92 Å². The first-order valence-corrected chi connectivity index (χ1v) is 12.9. The standard InChI is InChI=1S/C26H55N/c1-5-7-9-11-15-19-23-27(24-20-16-12-10-8-6-2)25-21-17-13-14-18-22-26(3)4/h26H,5-25H2,1-4H3. The molecule has 0 aromatic carbocycles. The third kappa shape index (κ3) is 22.1. The molecule has 1 heteroatoms. The highest BCUT2D eigenvalue weighted by molar-refractivity contribution is 4.60. The molecule has 27 heavy (non-hydrogen) atoms. The van der Waals surface area contributed by atoms with Crippen LogP contribution in [0.3, 0.4) is 0 Å². The van der Waals surface area contributed by atoms with E-state index in [9.17, 15) is 0 Å². The van der Waals surface area contributed by atoms with E-state index < -0.39 is 0 Å². The van der Waals surface area contributed by atoms with Crippen LogP contribution in [0, 0.1) is 5.92 Å². The van der Waals surface area contributed by atoms with Crippen molar-refractivity contribution in [2.75, 3.05) is 19.6 Å². The predicted octanol–water partition coefficient (Wildman–Crippen LogP) is 9.01. The van der Waals surface area contributed by atoms with Crippen LogP contribution in [0.4, 0.5) is 0 Å². The van der Waals surface area contributed by atoms with E-state index in [1.807, 2.05) is 0 Å². The van der Waals surface area contributed by atoms with Crippen LogP contribution in [0.5, 0.6) is 0 Å². The summed E-state index contributed by atoms with van der Waals surface area (Å²) in [7, 11) is 0. The summed E-state index contributed by atoms with van der Waals surface area (Å²) in [5.41, 5.74) is 0. The molecule has 0 saturated carbocycles. The van der Waals surface area contributed by atoms with Crippen molar-refractivity contribution in [2.45, 2.75) is 143 Å². The van der Waals surface area contributed by atoms with Crippen LogP contribution in [0.2, 0.25) is 0 Å². The maximum absolute atomic E-state index is 2.80. The van der Waals surface area contributed by atoms with Crippen LogP contribution in [-0.4, -0.2) is 24.5 Å². The maximum Gasteiger partial charge on any atom is -0.00187 e.